The zero-order chi connectivity index (χ0) is 11.6. The number of likely N-dealkylation sites (tertiary alicyclic amines) is 1. The van der Waals surface area contributed by atoms with Gasteiger partial charge in [-0.05, 0) is 32.4 Å². The topological polar surface area (TPSA) is 23.5 Å². The monoisotopic (exact) mass is 227 g/mol. The lowest BCUT2D eigenvalue weighted by Gasteiger charge is -2.22. The first-order chi connectivity index (χ1) is 7.88. The van der Waals surface area contributed by atoms with Crippen molar-refractivity contribution < 1.29 is 5.11 Å². The van der Waals surface area contributed by atoms with Gasteiger partial charge in [0.15, 0.2) is 0 Å². The minimum atomic E-state index is 0.358. The highest BCUT2D eigenvalue weighted by atomic mass is 16.3. The number of rotatable bonds is 9. The highest BCUT2D eigenvalue weighted by Crippen LogP contribution is 2.17. The van der Waals surface area contributed by atoms with Crippen LogP contribution in [0.4, 0.5) is 0 Å². The highest BCUT2D eigenvalue weighted by Gasteiger charge is 2.22. The molecule has 0 saturated carbocycles. The third kappa shape index (κ3) is 5.31. The van der Waals surface area contributed by atoms with E-state index in [-0.39, 0.29) is 0 Å². The smallest absolute Gasteiger partial charge is 0.0586 e. The van der Waals surface area contributed by atoms with Crippen LogP contribution in [-0.2, 0) is 0 Å². The van der Waals surface area contributed by atoms with Gasteiger partial charge < -0.3 is 5.11 Å². The van der Waals surface area contributed by atoms with Gasteiger partial charge in [-0.3, -0.25) is 4.90 Å². The van der Waals surface area contributed by atoms with Crippen molar-refractivity contribution in [1.29, 1.82) is 0 Å². The molecule has 1 aliphatic rings. The van der Waals surface area contributed by atoms with Gasteiger partial charge in [0, 0.05) is 6.04 Å². The zero-order valence-corrected chi connectivity index (χ0v) is 11.0. The Morgan fingerprint density at radius 2 is 1.75 bits per heavy atom. The zero-order valence-electron chi connectivity index (χ0n) is 11.0. The molecule has 16 heavy (non-hydrogen) atoms. The molecule has 1 rings (SSSR count). The second kappa shape index (κ2) is 9.00. The molecule has 1 aliphatic heterocycles. The summed E-state index contributed by atoms with van der Waals surface area (Å²) in [6.07, 6.45) is 12.1. The second-order valence-electron chi connectivity index (χ2n) is 5.14. The molecule has 1 N–H and O–H groups in total. The lowest BCUT2D eigenvalue weighted by Crippen LogP contribution is -2.32. The summed E-state index contributed by atoms with van der Waals surface area (Å²) < 4.78 is 0. The van der Waals surface area contributed by atoms with E-state index in [4.69, 9.17) is 0 Å². The number of aliphatic hydroxyl groups excluding tert-OH is 1. The Morgan fingerprint density at radius 3 is 2.44 bits per heavy atom. The van der Waals surface area contributed by atoms with Gasteiger partial charge in [0.2, 0.25) is 0 Å². The van der Waals surface area contributed by atoms with E-state index in [1.165, 1.54) is 70.9 Å². The van der Waals surface area contributed by atoms with Crippen LogP contribution in [0.1, 0.15) is 64.7 Å². The number of unbranched alkanes of at least 4 members (excludes halogenated alkanes) is 6. The molecule has 1 heterocycles. The quantitative estimate of drug-likeness (QED) is 0.611. The molecular formula is C14H29NO. The van der Waals surface area contributed by atoms with Crippen LogP contribution < -0.4 is 0 Å². The third-order valence-corrected chi connectivity index (χ3v) is 3.76. The van der Waals surface area contributed by atoms with Crippen molar-refractivity contribution in [3.63, 3.8) is 0 Å². The van der Waals surface area contributed by atoms with Crippen molar-refractivity contribution in [1.82, 2.24) is 4.90 Å². The van der Waals surface area contributed by atoms with Gasteiger partial charge >= 0.3 is 0 Å². The number of hydrogen-bond donors (Lipinski definition) is 1. The van der Waals surface area contributed by atoms with E-state index in [1.807, 2.05) is 0 Å². The van der Waals surface area contributed by atoms with Gasteiger partial charge in [0.05, 0.1) is 6.61 Å². The fraction of sp³-hybridized carbons (Fsp3) is 1.00. The molecule has 0 aromatic carbocycles. The van der Waals surface area contributed by atoms with Crippen LogP contribution in [0.5, 0.6) is 0 Å². The molecule has 1 unspecified atom stereocenters. The summed E-state index contributed by atoms with van der Waals surface area (Å²) in [5.74, 6) is 0. The van der Waals surface area contributed by atoms with Gasteiger partial charge in [0.1, 0.15) is 0 Å². The number of nitrogens with zero attached hydrogens (tertiary/aromatic N) is 1. The number of aliphatic hydroxyl groups is 1. The highest BCUT2D eigenvalue weighted by molar-refractivity contribution is 4.77. The lowest BCUT2D eigenvalue weighted by molar-refractivity contribution is 0.157. The molecule has 0 aliphatic carbocycles. The van der Waals surface area contributed by atoms with Gasteiger partial charge in [-0.15, -0.1) is 0 Å². The molecule has 2 nitrogen and oxygen atoms in total. The molecule has 96 valence electrons. The van der Waals surface area contributed by atoms with Gasteiger partial charge in [0.25, 0.3) is 0 Å². The molecule has 0 spiro atoms. The van der Waals surface area contributed by atoms with Gasteiger partial charge in [-0.2, -0.15) is 0 Å². The SMILES string of the molecule is CCCCCCCCCN1CCCC1CO. The lowest BCUT2D eigenvalue weighted by atomic mass is 10.1. The Bertz CT molecular complexity index is 161. The van der Waals surface area contributed by atoms with E-state index in [0.717, 1.165) is 0 Å². The van der Waals surface area contributed by atoms with E-state index in [1.54, 1.807) is 0 Å². The fourth-order valence-corrected chi connectivity index (χ4v) is 2.67. The van der Waals surface area contributed by atoms with Crippen LogP contribution >= 0.6 is 0 Å². The van der Waals surface area contributed by atoms with Crippen LogP contribution in [0.2, 0.25) is 0 Å². The van der Waals surface area contributed by atoms with E-state index in [2.05, 4.69) is 11.8 Å². The maximum atomic E-state index is 9.19. The van der Waals surface area contributed by atoms with Crippen molar-refractivity contribution >= 4 is 0 Å². The first-order valence-electron chi connectivity index (χ1n) is 7.23. The standard InChI is InChI=1S/C14H29NO/c1-2-3-4-5-6-7-8-11-15-12-9-10-14(15)13-16/h14,16H,2-13H2,1H3. The van der Waals surface area contributed by atoms with Crippen molar-refractivity contribution in [3.8, 4) is 0 Å². The van der Waals surface area contributed by atoms with Crippen molar-refractivity contribution in [2.45, 2.75) is 70.8 Å². The fourth-order valence-electron chi connectivity index (χ4n) is 2.67. The summed E-state index contributed by atoms with van der Waals surface area (Å²) in [6.45, 7) is 5.04. The molecule has 0 radical (unpaired) electrons. The Hall–Kier alpha value is -0.0800. The first kappa shape index (κ1) is 14.0. The molecule has 1 saturated heterocycles. The van der Waals surface area contributed by atoms with Gasteiger partial charge in [-0.25, -0.2) is 0 Å². The largest absolute Gasteiger partial charge is 0.395 e. The number of hydrogen-bond acceptors (Lipinski definition) is 2. The molecule has 0 amide bonds. The van der Waals surface area contributed by atoms with Crippen LogP contribution in [0.3, 0.4) is 0 Å². The predicted molar refractivity (Wildman–Crippen MR) is 69.7 cm³/mol. The molecule has 1 atom stereocenters. The molecule has 0 aromatic rings. The summed E-state index contributed by atoms with van der Waals surface area (Å²) in [5.41, 5.74) is 0. The van der Waals surface area contributed by atoms with Crippen LogP contribution in [0.25, 0.3) is 0 Å². The van der Waals surface area contributed by atoms with Crippen molar-refractivity contribution in [2.24, 2.45) is 0 Å². The minimum Gasteiger partial charge on any atom is -0.395 e. The van der Waals surface area contributed by atoms with E-state index in [9.17, 15) is 5.11 Å². The summed E-state index contributed by atoms with van der Waals surface area (Å²) in [6, 6.07) is 0.472. The summed E-state index contributed by atoms with van der Waals surface area (Å²) >= 11 is 0. The van der Waals surface area contributed by atoms with Crippen molar-refractivity contribution in [2.75, 3.05) is 19.7 Å². The average Bonchev–Trinajstić information content (AvgIpc) is 2.75. The first-order valence-corrected chi connectivity index (χ1v) is 7.23. The second-order valence-corrected chi connectivity index (χ2v) is 5.14. The molecule has 1 fully saturated rings. The van der Waals surface area contributed by atoms with E-state index < -0.39 is 0 Å². The summed E-state index contributed by atoms with van der Waals surface area (Å²) in [5, 5.41) is 9.19. The van der Waals surface area contributed by atoms with Crippen molar-refractivity contribution in [3.05, 3.63) is 0 Å². The third-order valence-electron chi connectivity index (χ3n) is 3.76. The summed E-state index contributed by atoms with van der Waals surface area (Å²) in [7, 11) is 0. The molecule has 0 aromatic heterocycles. The maximum Gasteiger partial charge on any atom is 0.0586 e. The summed E-state index contributed by atoms with van der Waals surface area (Å²) in [4.78, 5) is 2.48. The molecule has 0 bridgehead atoms. The van der Waals surface area contributed by atoms with Crippen LogP contribution in [0, 0.1) is 0 Å². The normalized spacial score (nSPS) is 21.8. The Morgan fingerprint density at radius 1 is 1.06 bits per heavy atom. The minimum absolute atomic E-state index is 0.358. The van der Waals surface area contributed by atoms with E-state index >= 15 is 0 Å². The van der Waals surface area contributed by atoms with E-state index in [0.29, 0.717) is 12.6 Å². The van der Waals surface area contributed by atoms with Gasteiger partial charge in [-0.1, -0.05) is 45.4 Å². The Balaban J connectivity index is 1.90. The Labute approximate surface area is 101 Å². The molecular weight excluding hydrogens is 198 g/mol. The Kier molecular flexibility index (Phi) is 7.87. The average molecular weight is 227 g/mol. The van der Waals surface area contributed by atoms with Crippen LogP contribution in [-0.4, -0.2) is 35.7 Å². The maximum absolute atomic E-state index is 9.19. The molecule has 2 heteroatoms. The van der Waals surface area contributed by atoms with Crippen LogP contribution in [0.15, 0.2) is 0 Å². The predicted octanol–water partition coefficient (Wildman–Crippen LogP) is 3.19.